The highest BCUT2D eigenvalue weighted by molar-refractivity contribution is 9.08. The first-order valence-electron chi connectivity index (χ1n) is 5.88. The molecule has 0 bridgehead atoms. The minimum atomic E-state index is -3.47. The molecule has 1 rings (SSSR count). The van der Waals surface area contributed by atoms with Crippen LogP contribution in [0.5, 0.6) is 0 Å². The highest BCUT2D eigenvalue weighted by atomic mass is 79.9. The standard InChI is InChI=1S/C12H17BrN2O3S/c13-9-10-4-6-11(7-5-10)19(17,18)15-8-2-1-3-12(14)16/h4-7,15H,1-3,8-9H2,(H2,14,16). The molecule has 3 N–H and O–H groups in total. The van der Waals surface area contributed by atoms with Crippen molar-refractivity contribution in [3.63, 3.8) is 0 Å². The topological polar surface area (TPSA) is 89.3 Å². The lowest BCUT2D eigenvalue weighted by molar-refractivity contribution is -0.118. The molecule has 0 aliphatic heterocycles. The fourth-order valence-electron chi connectivity index (χ4n) is 1.47. The SMILES string of the molecule is NC(=O)CCCCNS(=O)(=O)c1ccc(CBr)cc1. The number of nitrogens with two attached hydrogens (primary N) is 1. The third-order valence-corrected chi connectivity index (χ3v) is 4.65. The van der Waals surface area contributed by atoms with Crippen LogP contribution in [0.4, 0.5) is 0 Å². The third kappa shape index (κ3) is 5.71. The van der Waals surface area contributed by atoms with Crippen molar-refractivity contribution in [2.45, 2.75) is 29.5 Å². The van der Waals surface area contributed by atoms with Crippen LogP contribution >= 0.6 is 15.9 Å². The summed E-state index contributed by atoms with van der Waals surface area (Å²) in [6.07, 6.45) is 1.45. The summed E-state index contributed by atoms with van der Waals surface area (Å²) in [5.74, 6) is -0.367. The maximum absolute atomic E-state index is 11.9. The van der Waals surface area contributed by atoms with Crippen LogP contribution in [0.25, 0.3) is 0 Å². The van der Waals surface area contributed by atoms with Crippen molar-refractivity contribution in [1.82, 2.24) is 4.72 Å². The largest absolute Gasteiger partial charge is 0.370 e. The van der Waals surface area contributed by atoms with Gasteiger partial charge in [0.05, 0.1) is 4.90 Å². The van der Waals surface area contributed by atoms with Crippen LogP contribution in [-0.4, -0.2) is 20.9 Å². The molecule has 0 unspecified atom stereocenters. The molecule has 106 valence electrons. The monoisotopic (exact) mass is 348 g/mol. The minimum absolute atomic E-state index is 0.243. The Hall–Kier alpha value is -0.920. The number of carbonyl (C=O) groups excluding carboxylic acids is 1. The molecular weight excluding hydrogens is 332 g/mol. The molecule has 1 amide bonds. The van der Waals surface area contributed by atoms with E-state index in [0.717, 1.165) is 5.56 Å². The van der Waals surface area contributed by atoms with E-state index >= 15 is 0 Å². The Morgan fingerprint density at radius 1 is 1.21 bits per heavy atom. The van der Waals surface area contributed by atoms with Gasteiger partial charge in [0.2, 0.25) is 15.9 Å². The van der Waals surface area contributed by atoms with Gasteiger partial charge in [0.25, 0.3) is 0 Å². The molecule has 0 fully saturated rings. The zero-order chi connectivity index (χ0) is 14.3. The van der Waals surface area contributed by atoms with E-state index in [1.807, 2.05) is 0 Å². The van der Waals surface area contributed by atoms with Crippen LogP contribution in [0.2, 0.25) is 0 Å². The Morgan fingerprint density at radius 3 is 2.37 bits per heavy atom. The zero-order valence-electron chi connectivity index (χ0n) is 10.4. The summed E-state index contributed by atoms with van der Waals surface area (Å²) in [5, 5.41) is 0.688. The number of alkyl halides is 1. The third-order valence-electron chi connectivity index (χ3n) is 2.53. The van der Waals surface area contributed by atoms with E-state index < -0.39 is 10.0 Å². The first kappa shape index (κ1) is 16.1. The van der Waals surface area contributed by atoms with E-state index in [-0.39, 0.29) is 17.2 Å². The molecule has 0 heterocycles. The average molecular weight is 349 g/mol. The molecule has 0 aliphatic rings. The van der Waals surface area contributed by atoms with Gasteiger partial charge in [-0.25, -0.2) is 13.1 Å². The Labute approximate surface area is 121 Å². The maximum Gasteiger partial charge on any atom is 0.240 e. The number of amides is 1. The molecule has 0 spiro atoms. The number of nitrogens with one attached hydrogen (secondary N) is 1. The molecule has 0 radical (unpaired) electrons. The molecule has 7 heteroatoms. The molecule has 1 aromatic rings. The van der Waals surface area contributed by atoms with Gasteiger partial charge < -0.3 is 5.73 Å². The van der Waals surface area contributed by atoms with Crippen LogP contribution in [0.1, 0.15) is 24.8 Å². The number of rotatable bonds is 8. The van der Waals surface area contributed by atoms with Gasteiger partial charge in [-0.15, -0.1) is 0 Å². The molecule has 5 nitrogen and oxygen atoms in total. The summed E-state index contributed by atoms with van der Waals surface area (Å²) >= 11 is 3.30. The van der Waals surface area contributed by atoms with Crippen LogP contribution in [-0.2, 0) is 20.1 Å². The Bertz CT molecular complexity index is 514. The number of hydrogen-bond acceptors (Lipinski definition) is 3. The second-order valence-corrected chi connectivity index (χ2v) is 6.43. The lowest BCUT2D eigenvalue weighted by Crippen LogP contribution is -2.25. The van der Waals surface area contributed by atoms with Crippen molar-refractivity contribution in [3.8, 4) is 0 Å². The Balaban J connectivity index is 2.48. The van der Waals surface area contributed by atoms with E-state index in [2.05, 4.69) is 20.7 Å². The van der Waals surface area contributed by atoms with Crippen LogP contribution in [0.15, 0.2) is 29.2 Å². The molecule has 0 aromatic heterocycles. The highest BCUT2D eigenvalue weighted by Crippen LogP contribution is 2.12. The minimum Gasteiger partial charge on any atom is -0.370 e. The van der Waals surface area contributed by atoms with Crippen molar-refractivity contribution in [1.29, 1.82) is 0 Å². The van der Waals surface area contributed by atoms with Gasteiger partial charge in [-0.3, -0.25) is 4.79 Å². The zero-order valence-corrected chi connectivity index (χ0v) is 12.8. The number of sulfonamides is 1. The second-order valence-electron chi connectivity index (χ2n) is 4.10. The van der Waals surface area contributed by atoms with Crippen molar-refractivity contribution >= 4 is 31.9 Å². The van der Waals surface area contributed by atoms with Gasteiger partial charge in [0, 0.05) is 18.3 Å². The van der Waals surface area contributed by atoms with Gasteiger partial charge in [-0.05, 0) is 30.5 Å². The Morgan fingerprint density at radius 2 is 1.84 bits per heavy atom. The van der Waals surface area contributed by atoms with Crippen LogP contribution in [0.3, 0.4) is 0 Å². The number of halogens is 1. The normalized spacial score (nSPS) is 11.4. The summed E-state index contributed by atoms with van der Waals surface area (Å²) in [6.45, 7) is 0.301. The van der Waals surface area contributed by atoms with Crippen molar-refractivity contribution < 1.29 is 13.2 Å². The van der Waals surface area contributed by atoms with Gasteiger partial charge >= 0.3 is 0 Å². The molecule has 0 atom stereocenters. The van der Waals surface area contributed by atoms with Gasteiger partial charge in [-0.1, -0.05) is 28.1 Å². The summed E-state index contributed by atoms with van der Waals surface area (Å²) in [7, 11) is -3.47. The number of benzene rings is 1. The smallest absolute Gasteiger partial charge is 0.240 e. The van der Waals surface area contributed by atoms with E-state index in [1.165, 1.54) is 0 Å². The quantitative estimate of drug-likeness (QED) is 0.551. The number of carbonyl (C=O) groups is 1. The van der Waals surface area contributed by atoms with Crippen LogP contribution < -0.4 is 10.5 Å². The number of hydrogen-bond donors (Lipinski definition) is 2. The van der Waals surface area contributed by atoms with E-state index in [1.54, 1.807) is 24.3 Å². The van der Waals surface area contributed by atoms with Crippen molar-refractivity contribution in [3.05, 3.63) is 29.8 Å². The van der Waals surface area contributed by atoms with Crippen molar-refractivity contribution in [2.75, 3.05) is 6.54 Å². The van der Waals surface area contributed by atoms with Crippen molar-refractivity contribution in [2.24, 2.45) is 5.73 Å². The van der Waals surface area contributed by atoms with Crippen LogP contribution in [0, 0.1) is 0 Å². The average Bonchev–Trinajstić information content (AvgIpc) is 2.38. The summed E-state index contributed by atoms with van der Waals surface area (Å²) in [5.41, 5.74) is 6.01. The summed E-state index contributed by atoms with van der Waals surface area (Å²) in [6, 6.07) is 6.66. The predicted molar refractivity (Wildman–Crippen MR) is 77.3 cm³/mol. The summed E-state index contributed by atoms with van der Waals surface area (Å²) in [4.78, 5) is 10.8. The molecule has 19 heavy (non-hydrogen) atoms. The van der Waals surface area contributed by atoms with Gasteiger partial charge in [-0.2, -0.15) is 0 Å². The first-order valence-corrected chi connectivity index (χ1v) is 8.49. The predicted octanol–water partition coefficient (Wildman–Crippen LogP) is 1.52. The molecule has 0 saturated carbocycles. The highest BCUT2D eigenvalue weighted by Gasteiger charge is 2.12. The number of primary amides is 1. The van der Waals surface area contributed by atoms with E-state index in [4.69, 9.17) is 5.73 Å². The molecular formula is C12H17BrN2O3S. The van der Waals surface area contributed by atoms with Gasteiger partial charge in [0.15, 0.2) is 0 Å². The lowest BCUT2D eigenvalue weighted by atomic mass is 10.2. The van der Waals surface area contributed by atoms with E-state index in [0.29, 0.717) is 24.7 Å². The maximum atomic E-state index is 11.9. The number of unbranched alkanes of at least 4 members (excludes halogenated alkanes) is 1. The fourth-order valence-corrected chi connectivity index (χ4v) is 2.92. The summed E-state index contributed by atoms with van der Waals surface area (Å²) < 4.78 is 26.3. The first-order chi connectivity index (χ1) is 8.95. The molecule has 1 aromatic carbocycles. The molecule has 0 saturated heterocycles. The fraction of sp³-hybridized carbons (Fsp3) is 0.417. The Kier molecular flexibility index (Phi) is 6.47. The second kappa shape index (κ2) is 7.62. The van der Waals surface area contributed by atoms with E-state index in [9.17, 15) is 13.2 Å². The lowest BCUT2D eigenvalue weighted by Gasteiger charge is -2.07. The molecule has 0 aliphatic carbocycles. The van der Waals surface area contributed by atoms with Gasteiger partial charge in [0.1, 0.15) is 0 Å².